The number of anilines is 1. The van der Waals surface area contributed by atoms with Gasteiger partial charge in [0.1, 0.15) is 0 Å². The van der Waals surface area contributed by atoms with Crippen LogP contribution in [0.2, 0.25) is 0 Å². The third-order valence-electron chi connectivity index (χ3n) is 5.03. The standard InChI is InChI=1S/C21H28N4O5S/c1-28-16-13-15(14-17(29-2)19(16)30-3)23-21(27)25-10-8-24(9-11-25)7-6-22-20(26)18-5-4-12-31-18/h4-5,12-14H,6-11H2,1-3H3,(H,22,26)(H,23,27). The fourth-order valence-corrected chi connectivity index (χ4v) is 3.99. The molecule has 2 aromatic rings. The molecule has 1 aromatic carbocycles. The molecule has 2 N–H and O–H groups in total. The number of hydrogen-bond donors (Lipinski definition) is 2. The Morgan fingerprint density at radius 1 is 1.03 bits per heavy atom. The second kappa shape index (κ2) is 10.9. The number of carbonyl (C=O) groups excluding carboxylic acids is 2. The molecule has 2 heterocycles. The average Bonchev–Trinajstić information content (AvgIpc) is 3.34. The SMILES string of the molecule is COc1cc(NC(=O)N2CCN(CCNC(=O)c3cccs3)CC2)cc(OC)c1OC. The van der Waals surface area contributed by atoms with Crippen LogP contribution in [-0.4, -0.2) is 82.3 Å². The minimum absolute atomic E-state index is 0.0432. The Morgan fingerprint density at radius 3 is 2.26 bits per heavy atom. The van der Waals surface area contributed by atoms with Crippen LogP contribution in [0, 0.1) is 0 Å². The Hall–Kier alpha value is -2.98. The van der Waals surface area contributed by atoms with Gasteiger partial charge in [-0.2, -0.15) is 0 Å². The largest absolute Gasteiger partial charge is 0.493 e. The maximum atomic E-state index is 12.7. The Balaban J connectivity index is 1.46. The van der Waals surface area contributed by atoms with Gasteiger partial charge in [-0.3, -0.25) is 9.69 Å². The van der Waals surface area contributed by atoms with E-state index in [2.05, 4.69) is 15.5 Å². The van der Waals surface area contributed by atoms with Crippen LogP contribution in [0.5, 0.6) is 17.2 Å². The van der Waals surface area contributed by atoms with Crippen LogP contribution >= 0.6 is 11.3 Å². The number of methoxy groups -OCH3 is 3. The first-order valence-corrected chi connectivity index (χ1v) is 10.8. The van der Waals surface area contributed by atoms with Crippen molar-refractivity contribution in [3.05, 3.63) is 34.5 Å². The molecule has 1 aromatic heterocycles. The number of hydrogen-bond acceptors (Lipinski definition) is 7. The lowest BCUT2D eigenvalue weighted by Gasteiger charge is -2.34. The van der Waals surface area contributed by atoms with E-state index in [0.717, 1.165) is 19.6 Å². The minimum atomic E-state index is -0.181. The van der Waals surface area contributed by atoms with Gasteiger partial charge in [0, 0.05) is 51.4 Å². The number of ether oxygens (including phenoxy) is 3. The van der Waals surface area contributed by atoms with Crippen molar-refractivity contribution >= 4 is 29.0 Å². The van der Waals surface area contributed by atoms with Gasteiger partial charge in [0.2, 0.25) is 5.75 Å². The van der Waals surface area contributed by atoms with E-state index in [9.17, 15) is 9.59 Å². The maximum Gasteiger partial charge on any atom is 0.321 e. The first-order valence-electron chi connectivity index (χ1n) is 9.95. The Bertz CT molecular complexity index is 857. The summed E-state index contributed by atoms with van der Waals surface area (Å²) in [6.07, 6.45) is 0. The third-order valence-corrected chi connectivity index (χ3v) is 5.90. The Labute approximate surface area is 185 Å². The van der Waals surface area contributed by atoms with Crippen molar-refractivity contribution in [2.24, 2.45) is 0 Å². The highest BCUT2D eigenvalue weighted by molar-refractivity contribution is 7.12. The number of rotatable bonds is 8. The predicted octanol–water partition coefficient (Wildman–Crippen LogP) is 2.35. The maximum absolute atomic E-state index is 12.7. The molecule has 0 saturated carbocycles. The molecule has 1 aliphatic heterocycles. The highest BCUT2D eigenvalue weighted by atomic mass is 32.1. The number of urea groups is 1. The van der Waals surface area contributed by atoms with Crippen LogP contribution in [-0.2, 0) is 0 Å². The van der Waals surface area contributed by atoms with Crippen LogP contribution in [0.15, 0.2) is 29.6 Å². The Kier molecular flexibility index (Phi) is 7.96. The molecule has 0 atom stereocenters. The zero-order valence-corrected chi connectivity index (χ0v) is 18.8. The van der Waals surface area contributed by atoms with Crippen LogP contribution in [0.1, 0.15) is 9.67 Å². The van der Waals surface area contributed by atoms with E-state index >= 15 is 0 Å². The average molecular weight is 449 g/mol. The van der Waals surface area contributed by atoms with Gasteiger partial charge in [0.15, 0.2) is 11.5 Å². The lowest BCUT2D eigenvalue weighted by Crippen LogP contribution is -2.51. The van der Waals surface area contributed by atoms with Crippen molar-refractivity contribution < 1.29 is 23.8 Å². The molecule has 1 aliphatic rings. The van der Waals surface area contributed by atoms with Crippen molar-refractivity contribution in [2.45, 2.75) is 0 Å². The van der Waals surface area contributed by atoms with Gasteiger partial charge >= 0.3 is 6.03 Å². The van der Waals surface area contributed by atoms with Crippen LogP contribution < -0.4 is 24.8 Å². The molecular weight excluding hydrogens is 420 g/mol. The van der Waals surface area contributed by atoms with E-state index in [1.54, 1.807) is 17.0 Å². The van der Waals surface area contributed by atoms with E-state index in [1.165, 1.54) is 32.7 Å². The number of benzene rings is 1. The molecule has 0 spiro atoms. The van der Waals surface area contributed by atoms with Crippen LogP contribution in [0.25, 0.3) is 0 Å². The van der Waals surface area contributed by atoms with Gasteiger partial charge in [-0.25, -0.2) is 4.79 Å². The van der Waals surface area contributed by atoms with E-state index in [1.807, 2.05) is 17.5 Å². The lowest BCUT2D eigenvalue weighted by molar-refractivity contribution is 0.0946. The summed E-state index contributed by atoms with van der Waals surface area (Å²) >= 11 is 1.43. The number of nitrogens with zero attached hydrogens (tertiary/aromatic N) is 2. The molecule has 0 radical (unpaired) electrons. The molecule has 0 bridgehead atoms. The topological polar surface area (TPSA) is 92.4 Å². The van der Waals surface area contributed by atoms with Gasteiger partial charge < -0.3 is 29.7 Å². The number of thiophene rings is 1. The number of nitrogens with one attached hydrogen (secondary N) is 2. The summed E-state index contributed by atoms with van der Waals surface area (Å²) in [5.41, 5.74) is 0.568. The predicted molar refractivity (Wildman–Crippen MR) is 120 cm³/mol. The first-order chi connectivity index (χ1) is 15.0. The summed E-state index contributed by atoms with van der Waals surface area (Å²) in [6, 6.07) is 6.89. The van der Waals surface area contributed by atoms with Gasteiger partial charge in [-0.15, -0.1) is 11.3 Å². The third kappa shape index (κ3) is 5.80. The molecule has 0 aliphatic carbocycles. The first kappa shape index (κ1) is 22.7. The molecule has 168 valence electrons. The normalized spacial score (nSPS) is 14.1. The Morgan fingerprint density at radius 2 is 1.71 bits per heavy atom. The summed E-state index contributed by atoms with van der Waals surface area (Å²) in [7, 11) is 4.60. The number of piperazine rings is 1. The zero-order chi connectivity index (χ0) is 22.2. The monoisotopic (exact) mass is 448 g/mol. The second-order valence-corrected chi connectivity index (χ2v) is 7.85. The van der Waals surface area contributed by atoms with Crippen molar-refractivity contribution in [1.82, 2.24) is 15.1 Å². The molecule has 3 rings (SSSR count). The van der Waals surface area contributed by atoms with E-state index in [-0.39, 0.29) is 11.9 Å². The second-order valence-electron chi connectivity index (χ2n) is 6.91. The van der Waals surface area contributed by atoms with Gasteiger partial charge in [0.05, 0.1) is 31.9 Å². The minimum Gasteiger partial charge on any atom is -0.493 e. The smallest absolute Gasteiger partial charge is 0.321 e. The molecule has 1 saturated heterocycles. The van der Waals surface area contributed by atoms with Gasteiger partial charge in [-0.05, 0) is 11.4 Å². The molecule has 0 unspecified atom stereocenters. The van der Waals surface area contributed by atoms with Gasteiger partial charge in [0.25, 0.3) is 5.91 Å². The summed E-state index contributed by atoms with van der Waals surface area (Å²) in [6.45, 7) is 4.03. The number of amides is 3. The van der Waals surface area contributed by atoms with Crippen LogP contribution in [0.3, 0.4) is 0 Å². The lowest BCUT2D eigenvalue weighted by atomic mass is 10.2. The molecule has 10 heteroatoms. The van der Waals surface area contributed by atoms with Crippen molar-refractivity contribution in [3.63, 3.8) is 0 Å². The van der Waals surface area contributed by atoms with E-state index in [4.69, 9.17) is 14.2 Å². The summed E-state index contributed by atoms with van der Waals surface area (Å²) in [4.78, 5) is 29.4. The molecule has 9 nitrogen and oxygen atoms in total. The summed E-state index contributed by atoms with van der Waals surface area (Å²) in [5.74, 6) is 1.39. The fraction of sp³-hybridized carbons (Fsp3) is 0.429. The zero-order valence-electron chi connectivity index (χ0n) is 18.0. The van der Waals surface area contributed by atoms with Crippen LogP contribution in [0.4, 0.5) is 10.5 Å². The molecular formula is C21H28N4O5S. The summed E-state index contributed by atoms with van der Waals surface area (Å²) in [5, 5.41) is 7.72. The molecule has 1 fully saturated rings. The van der Waals surface area contributed by atoms with E-state index in [0.29, 0.717) is 47.4 Å². The number of carbonyl (C=O) groups is 2. The highest BCUT2D eigenvalue weighted by Gasteiger charge is 2.22. The van der Waals surface area contributed by atoms with Crippen molar-refractivity contribution in [3.8, 4) is 17.2 Å². The van der Waals surface area contributed by atoms with E-state index < -0.39 is 0 Å². The highest BCUT2D eigenvalue weighted by Crippen LogP contribution is 2.39. The van der Waals surface area contributed by atoms with Gasteiger partial charge in [-0.1, -0.05) is 6.07 Å². The molecule has 31 heavy (non-hydrogen) atoms. The fourth-order valence-electron chi connectivity index (χ4n) is 3.35. The van der Waals surface area contributed by atoms with Crippen molar-refractivity contribution in [2.75, 3.05) is 65.9 Å². The quantitative estimate of drug-likeness (QED) is 0.644. The van der Waals surface area contributed by atoms with Crippen molar-refractivity contribution in [1.29, 1.82) is 0 Å². The summed E-state index contributed by atoms with van der Waals surface area (Å²) < 4.78 is 16.0. The molecule has 3 amide bonds.